The van der Waals surface area contributed by atoms with Crippen molar-refractivity contribution in [1.29, 1.82) is 0 Å². The zero-order valence-electron chi connectivity index (χ0n) is 17.3. The maximum Gasteiger partial charge on any atom is 0.320 e. The van der Waals surface area contributed by atoms with E-state index in [1.165, 1.54) is 17.0 Å². The van der Waals surface area contributed by atoms with Gasteiger partial charge in [0, 0.05) is 18.1 Å². The number of aromatic nitrogens is 2. The Labute approximate surface area is 174 Å². The van der Waals surface area contributed by atoms with Gasteiger partial charge in [-0.15, -0.1) is 0 Å². The molecule has 0 aliphatic heterocycles. The van der Waals surface area contributed by atoms with Gasteiger partial charge < -0.3 is 10.1 Å². The van der Waals surface area contributed by atoms with Gasteiger partial charge in [0.15, 0.2) is 0 Å². The summed E-state index contributed by atoms with van der Waals surface area (Å²) in [5.74, 6) is 0.338. The van der Waals surface area contributed by atoms with Crippen molar-refractivity contribution in [2.45, 2.75) is 33.4 Å². The van der Waals surface area contributed by atoms with E-state index in [4.69, 9.17) is 4.74 Å². The van der Waals surface area contributed by atoms with E-state index in [9.17, 15) is 14.4 Å². The lowest BCUT2D eigenvalue weighted by Gasteiger charge is -2.15. The Kier molecular flexibility index (Phi) is 6.51. The molecule has 2 aromatic carbocycles. The molecule has 3 rings (SSSR count). The number of rotatable bonds is 7. The minimum Gasteiger partial charge on any atom is -0.494 e. The Bertz CT molecular complexity index is 1130. The Hall–Kier alpha value is -3.61. The highest BCUT2D eigenvalue weighted by molar-refractivity contribution is 5.76. The number of hydrogen-bond donors (Lipinski definition) is 1. The van der Waals surface area contributed by atoms with Gasteiger partial charge in [-0.25, -0.2) is 0 Å². The number of benzene rings is 2. The number of nitrogens with zero attached hydrogens (tertiary/aromatic N) is 2. The van der Waals surface area contributed by atoms with Crippen LogP contribution in [0.5, 0.6) is 5.75 Å². The zero-order chi connectivity index (χ0) is 21.7. The molecule has 0 fully saturated rings. The van der Waals surface area contributed by atoms with E-state index in [1.54, 1.807) is 24.3 Å². The second-order valence-corrected chi connectivity index (χ2v) is 7.03. The van der Waals surface area contributed by atoms with Gasteiger partial charge in [-0.2, -0.15) is 0 Å². The predicted molar refractivity (Wildman–Crippen MR) is 115 cm³/mol. The van der Waals surface area contributed by atoms with Gasteiger partial charge in [-0.3, -0.25) is 23.5 Å². The first-order valence-electron chi connectivity index (χ1n) is 9.80. The third kappa shape index (κ3) is 4.86. The molecule has 3 aromatic rings. The second kappa shape index (κ2) is 9.26. The molecule has 1 N–H and O–H groups in total. The first kappa shape index (κ1) is 21.1. The molecule has 0 saturated carbocycles. The molecule has 1 aromatic heterocycles. The SMILES string of the molecule is CCOc1ccc(-n2ccn(CC(=O)N[C@@H](C)c3ccc(C)cc3)c(=O)c2=O)cc1. The summed E-state index contributed by atoms with van der Waals surface area (Å²) < 4.78 is 7.75. The Balaban J connectivity index is 1.73. The van der Waals surface area contributed by atoms with Gasteiger partial charge in [0.25, 0.3) is 0 Å². The maximum atomic E-state index is 12.5. The van der Waals surface area contributed by atoms with Crippen LogP contribution in [0.25, 0.3) is 5.69 Å². The number of amides is 1. The molecule has 156 valence electrons. The van der Waals surface area contributed by atoms with Crippen LogP contribution in [-0.4, -0.2) is 21.6 Å². The molecule has 0 bridgehead atoms. The van der Waals surface area contributed by atoms with Crippen LogP contribution in [0.3, 0.4) is 0 Å². The van der Waals surface area contributed by atoms with Crippen LogP contribution in [0.2, 0.25) is 0 Å². The lowest BCUT2D eigenvalue weighted by atomic mass is 10.1. The second-order valence-electron chi connectivity index (χ2n) is 7.03. The van der Waals surface area contributed by atoms with Crippen molar-refractivity contribution in [3.63, 3.8) is 0 Å². The molecule has 7 heteroatoms. The number of nitrogens with one attached hydrogen (secondary N) is 1. The third-order valence-corrected chi connectivity index (χ3v) is 4.75. The van der Waals surface area contributed by atoms with Crippen molar-refractivity contribution in [1.82, 2.24) is 14.5 Å². The molecule has 1 amide bonds. The highest BCUT2D eigenvalue weighted by Crippen LogP contribution is 2.14. The van der Waals surface area contributed by atoms with E-state index in [1.807, 2.05) is 45.0 Å². The van der Waals surface area contributed by atoms with Gasteiger partial charge >= 0.3 is 11.1 Å². The molecule has 0 radical (unpaired) electrons. The summed E-state index contributed by atoms with van der Waals surface area (Å²) in [6.45, 7) is 6.06. The minimum atomic E-state index is -0.760. The van der Waals surface area contributed by atoms with Gasteiger partial charge in [0.1, 0.15) is 12.3 Å². The summed E-state index contributed by atoms with van der Waals surface area (Å²) >= 11 is 0. The smallest absolute Gasteiger partial charge is 0.320 e. The topological polar surface area (TPSA) is 82.3 Å². The Morgan fingerprint density at radius 3 is 2.30 bits per heavy atom. The summed E-state index contributed by atoms with van der Waals surface area (Å²) in [6.07, 6.45) is 2.92. The van der Waals surface area contributed by atoms with Crippen molar-refractivity contribution in [3.05, 3.63) is 92.8 Å². The molecule has 0 spiro atoms. The van der Waals surface area contributed by atoms with Crippen LogP contribution in [0.15, 0.2) is 70.5 Å². The largest absolute Gasteiger partial charge is 0.494 e. The summed E-state index contributed by atoms with van der Waals surface area (Å²) in [5, 5.41) is 2.85. The van der Waals surface area contributed by atoms with Crippen LogP contribution in [-0.2, 0) is 11.3 Å². The number of carbonyl (C=O) groups excluding carboxylic acids is 1. The fraction of sp³-hybridized carbons (Fsp3) is 0.261. The lowest BCUT2D eigenvalue weighted by molar-refractivity contribution is -0.122. The molecule has 30 heavy (non-hydrogen) atoms. The predicted octanol–water partition coefficient (Wildman–Crippen LogP) is 2.58. The quantitative estimate of drug-likeness (QED) is 0.611. The number of aryl methyl sites for hydroxylation is 1. The van der Waals surface area contributed by atoms with E-state index in [0.717, 1.165) is 15.7 Å². The normalized spacial score (nSPS) is 11.7. The van der Waals surface area contributed by atoms with Gasteiger partial charge in [-0.05, 0) is 50.6 Å². The molecule has 1 atom stereocenters. The Morgan fingerprint density at radius 2 is 1.67 bits per heavy atom. The number of hydrogen-bond acceptors (Lipinski definition) is 4. The first-order valence-corrected chi connectivity index (χ1v) is 9.80. The van der Waals surface area contributed by atoms with Crippen LogP contribution < -0.4 is 21.2 Å². The van der Waals surface area contributed by atoms with Crippen LogP contribution in [0.1, 0.15) is 31.0 Å². The van der Waals surface area contributed by atoms with Crippen molar-refractivity contribution >= 4 is 5.91 Å². The first-order chi connectivity index (χ1) is 14.4. The molecule has 7 nitrogen and oxygen atoms in total. The van der Waals surface area contributed by atoms with E-state index in [-0.39, 0.29) is 18.5 Å². The summed E-state index contributed by atoms with van der Waals surface area (Å²) in [5.41, 5.74) is 1.17. The van der Waals surface area contributed by atoms with Crippen molar-refractivity contribution < 1.29 is 9.53 Å². The summed E-state index contributed by atoms with van der Waals surface area (Å²) in [7, 11) is 0. The van der Waals surface area contributed by atoms with Crippen molar-refractivity contribution in [3.8, 4) is 11.4 Å². The number of ether oxygens (including phenoxy) is 1. The minimum absolute atomic E-state index is 0.210. The molecule has 1 heterocycles. The summed E-state index contributed by atoms with van der Waals surface area (Å²) in [4.78, 5) is 37.4. The fourth-order valence-corrected chi connectivity index (χ4v) is 3.09. The Morgan fingerprint density at radius 1 is 1.00 bits per heavy atom. The van der Waals surface area contributed by atoms with Gasteiger partial charge in [-0.1, -0.05) is 29.8 Å². The zero-order valence-corrected chi connectivity index (χ0v) is 17.3. The summed E-state index contributed by atoms with van der Waals surface area (Å²) in [6, 6.07) is 14.5. The standard InChI is InChI=1S/C23H25N3O4/c1-4-30-20-11-9-19(10-12-20)26-14-13-25(22(28)23(26)29)15-21(27)24-17(3)18-7-5-16(2)6-8-18/h5-14,17H,4,15H2,1-3H3,(H,24,27)/t17-/m0/s1. The van der Waals surface area contributed by atoms with Gasteiger partial charge in [0.05, 0.1) is 12.6 Å². The molecule has 0 aliphatic rings. The van der Waals surface area contributed by atoms with Crippen molar-refractivity contribution in [2.75, 3.05) is 6.61 Å². The van der Waals surface area contributed by atoms with Crippen LogP contribution in [0, 0.1) is 6.92 Å². The molecule has 0 saturated heterocycles. The van der Waals surface area contributed by atoms with Gasteiger partial charge in [0.2, 0.25) is 5.91 Å². The average molecular weight is 407 g/mol. The highest BCUT2D eigenvalue weighted by Gasteiger charge is 2.13. The molecule has 0 aliphatic carbocycles. The number of carbonyl (C=O) groups is 1. The van der Waals surface area contributed by atoms with E-state index >= 15 is 0 Å². The molecular formula is C23H25N3O4. The maximum absolute atomic E-state index is 12.5. The van der Waals surface area contributed by atoms with Crippen molar-refractivity contribution in [2.24, 2.45) is 0 Å². The van der Waals surface area contributed by atoms with E-state index < -0.39 is 11.1 Å². The molecular weight excluding hydrogens is 382 g/mol. The fourth-order valence-electron chi connectivity index (χ4n) is 3.09. The lowest BCUT2D eigenvalue weighted by Crippen LogP contribution is -2.42. The molecule has 0 unspecified atom stereocenters. The van der Waals surface area contributed by atoms with Crippen LogP contribution in [0.4, 0.5) is 0 Å². The van der Waals surface area contributed by atoms with Crippen LogP contribution >= 0.6 is 0 Å². The third-order valence-electron chi connectivity index (χ3n) is 4.75. The highest BCUT2D eigenvalue weighted by atomic mass is 16.5. The monoisotopic (exact) mass is 407 g/mol. The van der Waals surface area contributed by atoms with E-state index in [2.05, 4.69) is 5.32 Å². The van der Waals surface area contributed by atoms with E-state index in [0.29, 0.717) is 18.0 Å². The average Bonchev–Trinajstić information content (AvgIpc) is 2.73.